The first-order chi connectivity index (χ1) is 13.6. The van der Waals surface area contributed by atoms with Gasteiger partial charge in [0.15, 0.2) is 5.58 Å². The lowest BCUT2D eigenvalue weighted by atomic mass is 9.92. The monoisotopic (exact) mass is 377 g/mol. The second kappa shape index (κ2) is 6.33. The van der Waals surface area contributed by atoms with Crippen LogP contribution in [0.5, 0.6) is 0 Å². The maximum Gasteiger partial charge on any atom is 0.292 e. The number of hydrogen-bond acceptors (Lipinski definition) is 7. The van der Waals surface area contributed by atoms with Crippen LogP contribution in [0.2, 0.25) is 0 Å². The van der Waals surface area contributed by atoms with Crippen molar-refractivity contribution in [2.24, 2.45) is 4.99 Å². The van der Waals surface area contributed by atoms with Crippen molar-refractivity contribution in [2.45, 2.75) is 37.8 Å². The van der Waals surface area contributed by atoms with Gasteiger partial charge in [0.1, 0.15) is 17.0 Å². The van der Waals surface area contributed by atoms with Crippen LogP contribution in [0.3, 0.4) is 0 Å². The minimum Gasteiger partial charge on any atom is -0.436 e. The Hall–Kier alpha value is -3.42. The molecule has 28 heavy (non-hydrogen) atoms. The van der Waals surface area contributed by atoms with Crippen LogP contribution in [0.15, 0.2) is 45.8 Å². The number of nitro groups is 1. The first kappa shape index (κ1) is 16.7. The number of nitrogen functional groups attached to an aromatic ring is 1. The number of benzene rings is 2. The van der Waals surface area contributed by atoms with Crippen molar-refractivity contribution >= 4 is 28.3 Å². The smallest absolute Gasteiger partial charge is 0.292 e. The summed E-state index contributed by atoms with van der Waals surface area (Å²) < 4.78 is 5.81. The lowest BCUT2D eigenvalue weighted by Gasteiger charge is -2.23. The molecule has 1 aromatic heterocycles. The van der Waals surface area contributed by atoms with E-state index in [4.69, 9.17) is 15.1 Å². The van der Waals surface area contributed by atoms with Gasteiger partial charge in [0, 0.05) is 23.2 Å². The molecule has 0 spiro atoms. The van der Waals surface area contributed by atoms with Gasteiger partial charge in [0.2, 0.25) is 5.89 Å². The average Bonchev–Trinajstić information content (AvgIpc) is 3.31. The van der Waals surface area contributed by atoms with Gasteiger partial charge >= 0.3 is 0 Å². The number of fused-ring (bicyclic) bond motifs is 2. The van der Waals surface area contributed by atoms with Crippen LogP contribution in [0.4, 0.5) is 11.4 Å². The van der Waals surface area contributed by atoms with E-state index in [1.807, 2.05) is 18.2 Å². The second-order valence-electron chi connectivity index (χ2n) is 7.31. The molecule has 1 aliphatic heterocycles. The lowest BCUT2D eigenvalue weighted by molar-refractivity contribution is -0.383. The molecule has 8 heteroatoms. The number of aliphatic imine (C=N–C) groups is 1. The lowest BCUT2D eigenvalue weighted by Crippen LogP contribution is -2.36. The Labute approximate surface area is 160 Å². The third kappa shape index (κ3) is 2.77. The molecule has 2 heterocycles. The minimum absolute atomic E-state index is 0.110. The van der Waals surface area contributed by atoms with E-state index >= 15 is 0 Å². The van der Waals surface area contributed by atoms with Crippen LogP contribution in [0.1, 0.15) is 31.2 Å². The van der Waals surface area contributed by atoms with Crippen LogP contribution in [0, 0.1) is 10.1 Å². The molecule has 2 atom stereocenters. The molecule has 1 saturated carbocycles. The number of nitrogens with one attached hydrogen (secondary N) is 1. The van der Waals surface area contributed by atoms with Crippen molar-refractivity contribution < 1.29 is 9.34 Å². The third-order valence-corrected chi connectivity index (χ3v) is 5.48. The van der Waals surface area contributed by atoms with E-state index in [0.717, 1.165) is 24.2 Å². The molecule has 1 fully saturated rings. The normalized spacial score (nSPS) is 21.2. The molecular formula is C20H19N5O3. The number of aromatic nitrogens is 1. The Morgan fingerprint density at radius 2 is 1.96 bits per heavy atom. The van der Waals surface area contributed by atoms with Crippen molar-refractivity contribution in [1.82, 2.24) is 10.3 Å². The topological polar surface area (TPSA) is 120 Å². The standard InChI is InChI=1S/C20H19N5O3/c21-13-7-5-12(10-17(13)25(26)27)20-24-16-9-11(6-8-18(16)28-20)19-22-14-3-1-2-4-15(14)23-19/h5-10,14-15H,1-4,21H2,(H,22,23)/t14-,15+. The molecule has 8 nitrogen and oxygen atoms in total. The van der Waals surface area contributed by atoms with E-state index in [9.17, 15) is 10.1 Å². The summed E-state index contributed by atoms with van der Waals surface area (Å²) in [4.78, 5) is 20.0. The van der Waals surface area contributed by atoms with Gasteiger partial charge in [0.05, 0.1) is 11.0 Å². The van der Waals surface area contributed by atoms with Gasteiger partial charge in [-0.3, -0.25) is 15.1 Å². The predicted molar refractivity (Wildman–Crippen MR) is 106 cm³/mol. The maximum atomic E-state index is 11.1. The Morgan fingerprint density at radius 1 is 1.14 bits per heavy atom. The summed E-state index contributed by atoms with van der Waals surface area (Å²) in [5, 5.41) is 14.7. The maximum absolute atomic E-state index is 11.1. The Kier molecular flexibility index (Phi) is 3.78. The number of rotatable bonds is 3. The molecule has 0 radical (unpaired) electrons. The number of nitrogens with two attached hydrogens (primary N) is 1. The zero-order valence-electron chi connectivity index (χ0n) is 15.1. The van der Waals surface area contributed by atoms with Gasteiger partial charge in [-0.1, -0.05) is 12.8 Å². The van der Waals surface area contributed by atoms with Crippen LogP contribution in [0.25, 0.3) is 22.6 Å². The summed E-state index contributed by atoms with van der Waals surface area (Å²) >= 11 is 0. The Morgan fingerprint density at radius 3 is 2.79 bits per heavy atom. The van der Waals surface area contributed by atoms with Crippen LogP contribution in [-0.4, -0.2) is 27.8 Å². The fraction of sp³-hybridized carbons (Fsp3) is 0.300. The van der Waals surface area contributed by atoms with Crippen molar-refractivity contribution in [1.29, 1.82) is 0 Å². The largest absolute Gasteiger partial charge is 0.436 e. The van der Waals surface area contributed by atoms with E-state index in [2.05, 4.69) is 10.3 Å². The molecule has 2 aromatic carbocycles. The Bertz CT molecular complexity index is 1120. The Balaban J connectivity index is 1.49. The summed E-state index contributed by atoms with van der Waals surface area (Å²) in [7, 11) is 0. The van der Waals surface area contributed by atoms with E-state index < -0.39 is 4.92 Å². The number of oxazole rings is 1. The molecule has 0 saturated heterocycles. The molecule has 3 aromatic rings. The van der Waals surface area contributed by atoms with Crippen molar-refractivity contribution in [3.63, 3.8) is 0 Å². The number of nitro benzene ring substituents is 1. The first-order valence-electron chi connectivity index (χ1n) is 9.38. The summed E-state index contributed by atoms with van der Waals surface area (Å²) in [6, 6.07) is 11.1. The minimum atomic E-state index is -0.511. The summed E-state index contributed by atoms with van der Waals surface area (Å²) in [6.07, 6.45) is 4.77. The molecule has 0 amide bonds. The van der Waals surface area contributed by atoms with E-state index in [1.54, 1.807) is 6.07 Å². The highest BCUT2D eigenvalue weighted by molar-refractivity contribution is 6.02. The number of amidine groups is 1. The number of hydrogen-bond donors (Lipinski definition) is 2. The van der Waals surface area contributed by atoms with Crippen molar-refractivity contribution in [3.05, 3.63) is 52.1 Å². The molecule has 142 valence electrons. The zero-order valence-corrected chi connectivity index (χ0v) is 15.1. The third-order valence-electron chi connectivity index (χ3n) is 5.48. The predicted octanol–water partition coefficient (Wildman–Crippen LogP) is 3.65. The zero-order chi connectivity index (χ0) is 19.3. The summed E-state index contributed by atoms with van der Waals surface area (Å²) in [6.45, 7) is 0. The fourth-order valence-electron chi connectivity index (χ4n) is 4.00. The van der Waals surface area contributed by atoms with Gasteiger partial charge in [-0.25, -0.2) is 4.98 Å². The van der Waals surface area contributed by atoms with Gasteiger partial charge in [-0.05, 0) is 43.2 Å². The molecule has 2 aliphatic rings. The van der Waals surface area contributed by atoms with Crippen LogP contribution >= 0.6 is 0 Å². The highest BCUT2D eigenvalue weighted by Crippen LogP contribution is 2.31. The van der Waals surface area contributed by atoms with Gasteiger partial charge in [-0.2, -0.15) is 0 Å². The molecule has 5 rings (SSSR count). The summed E-state index contributed by atoms with van der Waals surface area (Å²) in [5.41, 5.74) is 8.42. The highest BCUT2D eigenvalue weighted by Gasteiger charge is 2.31. The highest BCUT2D eigenvalue weighted by atomic mass is 16.6. The van der Waals surface area contributed by atoms with Gasteiger partial charge in [-0.15, -0.1) is 0 Å². The van der Waals surface area contributed by atoms with Gasteiger partial charge < -0.3 is 15.5 Å². The molecule has 0 unspecified atom stereocenters. The SMILES string of the molecule is Nc1ccc(-c2nc3cc(C4=N[C@@H]5CCCC[C@@H]5N4)ccc3o2)cc1[N+](=O)[O-]. The number of anilines is 1. The molecular weight excluding hydrogens is 358 g/mol. The second-order valence-corrected chi connectivity index (χ2v) is 7.31. The van der Waals surface area contributed by atoms with Crippen LogP contribution < -0.4 is 11.1 Å². The van der Waals surface area contributed by atoms with Crippen molar-refractivity contribution in [3.8, 4) is 11.5 Å². The van der Waals surface area contributed by atoms with E-state index in [-0.39, 0.29) is 11.4 Å². The number of nitrogens with zero attached hydrogens (tertiary/aromatic N) is 3. The first-order valence-corrected chi connectivity index (χ1v) is 9.38. The average molecular weight is 377 g/mol. The van der Waals surface area contributed by atoms with Crippen LogP contribution in [-0.2, 0) is 0 Å². The summed E-state index contributed by atoms with van der Waals surface area (Å²) in [5.74, 6) is 1.23. The quantitative estimate of drug-likeness (QED) is 0.408. The molecule has 0 bridgehead atoms. The van der Waals surface area contributed by atoms with Gasteiger partial charge in [0.25, 0.3) is 5.69 Å². The molecule has 3 N–H and O–H groups in total. The molecule has 1 aliphatic carbocycles. The van der Waals surface area contributed by atoms with E-state index in [1.165, 1.54) is 25.0 Å². The fourth-order valence-corrected chi connectivity index (χ4v) is 4.00. The van der Waals surface area contributed by atoms with E-state index in [0.29, 0.717) is 34.6 Å². The van der Waals surface area contributed by atoms with Crippen molar-refractivity contribution in [2.75, 3.05) is 5.73 Å².